The minimum absolute atomic E-state index is 0.0351. The van der Waals surface area contributed by atoms with Crippen LogP contribution >= 0.6 is 23.2 Å². The van der Waals surface area contributed by atoms with Crippen LogP contribution in [0.1, 0.15) is 31.4 Å². The minimum atomic E-state index is -0.0351. The van der Waals surface area contributed by atoms with Crippen LogP contribution in [-0.2, 0) is 0 Å². The molecular weight excluding hydrogens is 267 g/mol. The fourth-order valence-electron chi connectivity index (χ4n) is 2.51. The molecule has 0 aliphatic carbocycles. The molecule has 2 nitrogen and oxygen atoms in total. The number of benzene rings is 1. The first-order valence-electron chi connectivity index (χ1n) is 6.49. The molecule has 1 heterocycles. The van der Waals surface area contributed by atoms with Gasteiger partial charge in [0, 0.05) is 12.6 Å². The first kappa shape index (κ1) is 14.1. The summed E-state index contributed by atoms with van der Waals surface area (Å²) in [5.41, 5.74) is 7.16. The van der Waals surface area contributed by atoms with Crippen molar-refractivity contribution in [1.29, 1.82) is 0 Å². The Morgan fingerprint density at radius 2 is 2.22 bits per heavy atom. The third-order valence-electron chi connectivity index (χ3n) is 3.65. The van der Waals surface area contributed by atoms with Crippen LogP contribution < -0.4 is 5.73 Å². The Labute approximate surface area is 119 Å². The zero-order valence-electron chi connectivity index (χ0n) is 10.7. The van der Waals surface area contributed by atoms with Gasteiger partial charge in [0.1, 0.15) is 0 Å². The lowest BCUT2D eigenvalue weighted by molar-refractivity contribution is 0.313. The second-order valence-electron chi connectivity index (χ2n) is 5.23. The highest BCUT2D eigenvalue weighted by molar-refractivity contribution is 6.42. The van der Waals surface area contributed by atoms with Crippen molar-refractivity contribution < 1.29 is 0 Å². The molecule has 2 rings (SSSR count). The zero-order chi connectivity index (χ0) is 13.1. The molecule has 0 saturated carbocycles. The maximum absolute atomic E-state index is 6.21. The number of rotatable bonds is 4. The second-order valence-corrected chi connectivity index (χ2v) is 6.02. The van der Waals surface area contributed by atoms with Gasteiger partial charge in [0.15, 0.2) is 0 Å². The van der Waals surface area contributed by atoms with Gasteiger partial charge in [0.05, 0.1) is 10.0 Å². The van der Waals surface area contributed by atoms with Gasteiger partial charge in [-0.3, -0.25) is 0 Å². The lowest BCUT2D eigenvalue weighted by Gasteiger charge is -2.19. The summed E-state index contributed by atoms with van der Waals surface area (Å²) in [5.74, 6) is 0.816. The molecule has 1 aromatic carbocycles. The van der Waals surface area contributed by atoms with Gasteiger partial charge >= 0.3 is 0 Å². The Balaban J connectivity index is 1.91. The Morgan fingerprint density at radius 3 is 2.89 bits per heavy atom. The molecule has 1 aliphatic heterocycles. The van der Waals surface area contributed by atoms with Gasteiger partial charge in [-0.15, -0.1) is 0 Å². The maximum Gasteiger partial charge on any atom is 0.0640 e. The number of hydrogen-bond donors (Lipinski definition) is 1. The average Bonchev–Trinajstić information content (AvgIpc) is 2.76. The summed E-state index contributed by atoms with van der Waals surface area (Å²) in [5, 5.41) is 1.18. The Hall–Kier alpha value is -0.280. The van der Waals surface area contributed by atoms with E-state index < -0.39 is 0 Å². The quantitative estimate of drug-likeness (QED) is 0.914. The van der Waals surface area contributed by atoms with Crippen molar-refractivity contribution in [3.63, 3.8) is 0 Å². The summed E-state index contributed by atoms with van der Waals surface area (Å²) in [7, 11) is 0. The molecule has 2 atom stereocenters. The van der Waals surface area contributed by atoms with Crippen LogP contribution in [-0.4, -0.2) is 24.5 Å². The van der Waals surface area contributed by atoms with Crippen molar-refractivity contribution in [3.8, 4) is 0 Å². The van der Waals surface area contributed by atoms with Crippen LogP contribution in [0, 0.1) is 5.92 Å². The van der Waals surface area contributed by atoms with Gasteiger partial charge in [-0.05, 0) is 43.5 Å². The zero-order valence-corrected chi connectivity index (χ0v) is 12.2. The monoisotopic (exact) mass is 286 g/mol. The van der Waals surface area contributed by atoms with E-state index in [0.717, 1.165) is 24.4 Å². The van der Waals surface area contributed by atoms with E-state index >= 15 is 0 Å². The van der Waals surface area contributed by atoms with E-state index in [2.05, 4.69) is 11.8 Å². The fourth-order valence-corrected chi connectivity index (χ4v) is 2.96. The molecule has 4 heteroatoms. The summed E-state index contributed by atoms with van der Waals surface area (Å²) in [4.78, 5) is 2.48. The van der Waals surface area contributed by atoms with Crippen LogP contribution in [0.2, 0.25) is 10.0 Å². The molecule has 1 saturated heterocycles. The summed E-state index contributed by atoms with van der Waals surface area (Å²) < 4.78 is 0. The highest BCUT2D eigenvalue weighted by atomic mass is 35.5. The van der Waals surface area contributed by atoms with Gasteiger partial charge in [-0.25, -0.2) is 0 Å². The van der Waals surface area contributed by atoms with Crippen LogP contribution in [0.15, 0.2) is 18.2 Å². The Morgan fingerprint density at radius 1 is 1.44 bits per heavy atom. The second kappa shape index (κ2) is 6.25. The molecule has 0 aromatic heterocycles. The highest BCUT2D eigenvalue weighted by Gasteiger charge is 2.20. The molecule has 0 amide bonds. The topological polar surface area (TPSA) is 29.3 Å². The smallest absolute Gasteiger partial charge is 0.0640 e. The SMILES string of the molecule is CC1CCN(CCC(N)c2cccc(Cl)c2Cl)C1. The normalized spacial score (nSPS) is 22.3. The van der Waals surface area contributed by atoms with E-state index in [1.54, 1.807) is 6.07 Å². The third-order valence-corrected chi connectivity index (χ3v) is 4.48. The van der Waals surface area contributed by atoms with Gasteiger partial charge in [-0.2, -0.15) is 0 Å². The molecule has 0 bridgehead atoms. The predicted molar refractivity (Wildman–Crippen MR) is 78.2 cm³/mol. The van der Waals surface area contributed by atoms with Crippen LogP contribution in [0.4, 0.5) is 0 Å². The number of halogens is 2. The number of nitrogens with two attached hydrogens (primary N) is 1. The summed E-state index contributed by atoms with van der Waals surface area (Å²) in [6.07, 6.45) is 2.22. The lowest BCUT2D eigenvalue weighted by Crippen LogP contribution is -2.25. The first-order valence-corrected chi connectivity index (χ1v) is 7.25. The van der Waals surface area contributed by atoms with Crippen molar-refractivity contribution in [2.24, 2.45) is 11.7 Å². The average molecular weight is 287 g/mol. The maximum atomic E-state index is 6.21. The first-order chi connectivity index (χ1) is 8.58. The van der Waals surface area contributed by atoms with E-state index in [4.69, 9.17) is 28.9 Å². The van der Waals surface area contributed by atoms with Crippen LogP contribution in [0.25, 0.3) is 0 Å². The van der Waals surface area contributed by atoms with Gasteiger partial charge in [0.2, 0.25) is 0 Å². The third kappa shape index (κ3) is 3.39. The molecule has 100 valence electrons. The van der Waals surface area contributed by atoms with Crippen molar-refractivity contribution in [2.75, 3.05) is 19.6 Å². The number of nitrogens with zero attached hydrogens (tertiary/aromatic N) is 1. The molecule has 0 radical (unpaired) electrons. The van der Waals surface area contributed by atoms with Crippen molar-refractivity contribution in [1.82, 2.24) is 4.90 Å². The summed E-state index contributed by atoms with van der Waals surface area (Å²) >= 11 is 12.2. The predicted octanol–water partition coefficient (Wildman–Crippen LogP) is 3.73. The van der Waals surface area contributed by atoms with Crippen molar-refractivity contribution in [2.45, 2.75) is 25.8 Å². The van der Waals surface area contributed by atoms with Crippen LogP contribution in [0.3, 0.4) is 0 Å². The van der Waals surface area contributed by atoms with Crippen molar-refractivity contribution in [3.05, 3.63) is 33.8 Å². The highest BCUT2D eigenvalue weighted by Crippen LogP contribution is 2.30. The molecule has 1 fully saturated rings. The molecule has 2 N–H and O–H groups in total. The van der Waals surface area contributed by atoms with E-state index in [9.17, 15) is 0 Å². The Kier molecular flexibility index (Phi) is 4.91. The molecule has 0 spiro atoms. The van der Waals surface area contributed by atoms with Gasteiger partial charge in [-0.1, -0.05) is 42.3 Å². The van der Waals surface area contributed by atoms with Crippen LogP contribution in [0.5, 0.6) is 0 Å². The van der Waals surface area contributed by atoms with E-state index in [1.165, 1.54) is 19.5 Å². The molecule has 1 aliphatic rings. The van der Waals surface area contributed by atoms with E-state index in [1.807, 2.05) is 12.1 Å². The molecular formula is C14H20Cl2N2. The van der Waals surface area contributed by atoms with E-state index in [0.29, 0.717) is 10.0 Å². The molecule has 1 aromatic rings. The summed E-state index contributed by atoms with van der Waals surface area (Å²) in [6, 6.07) is 5.63. The van der Waals surface area contributed by atoms with Gasteiger partial charge in [0.25, 0.3) is 0 Å². The summed E-state index contributed by atoms with van der Waals surface area (Å²) in [6.45, 7) is 5.72. The fraction of sp³-hybridized carbons (Fsp3) is 0.571. The largest absolute Gasteiger partial charge is 0.324 e. The van der Waals surface area contributed by atoms with E-state index in [-0.39, 0.29) is 6.04 Å². The minimum Gasteiger partial charge on any atom is -0.324 e. The standard InChI is InChI=1S/C14H20Cl2N2/c1-10-5-7-18(9-10)8-6-13(17)11-3-2-4-12(15)14(11)16/h2-4,10,13H,5-9,17H2,1H3. The number of hydrogen-bond acceptors (Lipinski definition) is 2. The van der Waals surface area contributed by atoms with Gasteiger partial charge < -0.3 is 10.6 Å². The molecule has 2 unspecified atom stereocenters. The Bertz CT molecular complexity index is 409. The number of likely N-dealkylation sites (tertiary alicyclic amines) is 1. The molecule has 18 heavy (non-hydrogen) atoms. The lowest BCUT2D eigenvalue weighted by atomic mass is 10.0. The van der Waals surface area contributed by atoms with Crippen molar-refractivity contribution >= 4 is 23.2 Å².